The van der Waals surface area contributed by atoms with E-state index < -0.39 is 9.84 Å². The fourth-order valence-electron chi connectivity index (χ4n) is 1.64. The zero-order chi connectivity index (χ0) is 12.3. The molecule has 0 N–H and O–H groups in total. The highest BCUT2D eigenvalue weighted by atomic mass is 79.9. The van der Waals surface area contributed by atoms with Gasteiger partial charge in [0.05, 0.1) is 18.5 Å². The number of nitrogens with zero attached hydrogens (tertiary/aromatic N) is 2. The predicted molar refractivity (Wildman–Crippen MR) is 68.7 cm³/mol. The number of aryl methyl sites for hydroxylation is 1. The molecule has 0 radical (unpaired) electrons. The van der Waals surface area contributed by atoms with Crippen LogP contribution in [0.25, 0.3) is 0 Å². The number of rotatable bonds is 5. The molecule has 0 bridgehead atoms. The summed E-state index contributed by atoms with van der Waals surface area (Å²) in [6.07, 6.45) is 3.04. The monoisotopic (exact) mass is 308 g/mol. The van der Waals surface area contributed by atoms with E-state index in [2.05, 4.69) is 34.9 Å². The van der Waals surface area contributed by atoms with Crippen molar-refractivity contribution in [3.8, 4) is 0 Å². The minimum Gasteiger partial charge on any atom is -0.268 e. The molecule has 0 aliphatic carbocycles. The Kier molecular flexibility index (Phi) is 4.55. The molecule has 0 amide bonds. The van der Waals surface area contributed by atoms with Gasteiger partial charge in [-0.05, 0) is 5.92 Å². The fraction of sp³-hybridized carbons (Fsp3) is 0.700. The largest absolute Gasteiger partial charge is 0.268 e. The second kappa shape index (κ2) is 5.31. The normalized spacial score (nSPS) is 12.3. The summed E-state index contributed by atoms with van der Waals surface area (Å²) in [6.45, 7) is 4.60. The van der Waals surface area contributed by atoms with E-state index in [1.807, 2.05) is 0 Å². The predicted octanol–water partition coefficient (Wildman–Crippen LogP) is 1.95. The summed E-state index contributed by atoms with van der Waals surface area (Å²) in [5.41, 5.74) is 2.24. The summed E-state index contributed by atoms with van der Waals surface area (Å²) in [5, 5.41) is 4.98. The second-order valence-corrected chi connectivity index (χ2v) is 7.02. The zero-order valence-electron chi connectivity index (χ0n) is 9.77. The van der Waals surface area contributed by atoms with E-state index in [9.17, 15) is 8.42 Å². The molecule has 0 saturated carbocycles. The van der Waals surface area contributed by atoms with Crippen molar-refractivity contribution in [3.05, 3.63) is 17.5 Å². The molecule has 0 spiro atoms. The summed E-state index contributed by atoms with van der Waals surface area (Å²) < 4.78 is 24.0. The first-order valence-corrected chi connectivity index (χ1v) is 8.31. The quantitative estimate of drug-likeness (QED) is 0.781. The van der Waals surface area contributed by atoms with E-state index >= 15 is 0 Å². The number of hydrogen-bond acceptors (Lipinski definition) is 3. The van der Waals surface area contributed by atoms with E-state index in [0.29, 0.717) is 12.5 Å². The van der Waals surface area contributed by atoms with Crippen molar-refractivity contribution in [3.63, 3.8) is 0 Å². The summed E-state index contributed by atoms with van der Waals surface area (Å²) in [7, 11) is -2.93. The number of halogens is 1. The van der Waals surface area contributed by atoms with Gasteiger partial charge >= 0.3 is 0 Å². The number of hydrogen-bond donors (Lipinski definition) is 0. The van der Waals surface area contributed by atoms with Gasteiger partial charge in [0, 0.05) is 22.8 Å². The van der Waals surface area contributed by atoms with E-state index in [1.165, 1.54) is 6.26 Å². The van der Waals surface area contributed by atoms with Gasteiger partial charge in [-0.25, -0.2) is 8.42 Å². The Balaban J connectivity index is 2.92. The van der Waals surface area contributed by atoms with Crippen LogP contribution in [0.2, 0.25) is 0 Å². The molecule has 1 aromatic rings. The van der Waals surface area contributed by atoms with Crippen molar-refractivity contribution in [1.82, 2.24) is 9.78 Å². The maximum absolute atomic E-state index is 11.1. The molecule has 16 heavy (non-hydrogen) atoms. The highest BCUT2D eigenvalue weighted by molar-refractivity contribution is 9.08. The standard InChI is InChI=1S/C10H17BrN2O2S/c1-8(2)10-9(6-11)7-12-13(10)4-5-16(3,14)15/h7-8H,4-6H2,1-3H3. The van der Waals surface area contributed by atoms with Crippen molar-refractivity contribution in [2.45, 2.75) is 31.6 Å². The van der Waals surface area contributed by atoms with Crippen molar-refractivity contribution in [1.29, 1.82) is 0 Å². The maximum atomic E-state index is 11.1. The Morgan fingerprint density at radius 3 is 2.56 bits per heavy atom. The first-order chi connectivity index (χ1) is 7.35. The molecule has 0 aliphatic rings. The van der Waals surface area contributed by atoms with E-state index in [4.69, 9.17) is 0 Å². The SMILES string of the molecule is CC(C)c1c(CBr)cnn1CCS(C)(=O)=O. The Hall–Kier alpha value is -0.360. The van der Waals surface area contributed by atoms with Gasteiger partial charge in [-0.3, -0.25) is 4.68 Å². The average molecular weight is 309 g/mol. The first kappa shape index (κ1) is 13.7. The Morgan fingerprint density at radius 2 is 2.12 bits per heavy atom. The molecule has 1 aromatic heterocycles. The number of alkyl halides is 1. The van der Waals surface area contributed by atoms with Crippen LogP contribution in [-0.4, -0.2) is 30.2 Å². The highest BCUT2D eigenvalue weighted by Crippen LogP contribution is 2.21. The van der Waals surface area contributed by atoms with Gasteiger partial charge in [0.25, 0.3) is 0 Å². The van der Waals surface area contributed by atoms with Crippen LogP contribution in [0.1, 0.15) is 31.0 Å². The topological polar surface area (TPSA) is 52.0 Å². The molecule has 92 valence electrons. The lowest BCUT2D eigenvalue weighted by Gasteiger charge is -2.11. The van der Waals surface area contributed by atoms with E-state index in [0.717, 1.165) is 16.6 Å². The molecule has 4 nitrogen and oxygen atoms in total. The summed E-state index contributed by atoms with van der Waals surface area (Å²) in [5.74, 6) is 0.477. The van der Waals surface area contributed by atoms with Crippen LogP contribution in [0, 0.1) is 0 Å². The van der Waals surface area contributed by atoms with Crippen LogP contribution in [-0.2, 0) is 21.7 Å². The van der Waals surface area contributed by atoms with Gasteiger partial charge in [-0.15, -0.1) is 0 Å². The van der Waals surface area contributed by atoms with Crippen molar-refractivity contribution < 1.29 is 8.42 Å². The molecule has 0 aliphatic heterocycles. The molecule has 0 aromatic carbocycles. The van der Waals surface area contributed by atoms with Gasteiger partial charge < -0.3 is 0 Å². The van der Waals surface area contributed by atoms with Gasteiger partial charge in [-0.1, -0.05) is 29.8 Å². The Labute approximate surface area is 105 Å². The molecule has 0 fully saturated rings. The van der Waals surface area contributed by atoms with Gasteiger partial charge in [0.2, 0.25) is 0 Å². The third kappa shape index (κ3) is 3.59. The third-order valence-electron chi connectivity index (χ3n) is 2.32. The first-order valence-electron chi connectivity index (χ1n) is 5.13. The zero-order valence-corrected chi connectivity index (χ0v) is 12.2. The Bertz CT molecular complexity index is 451. The van der Waals surface area contributed by atoms with Crippen LogP contribution < -0.4 is 0 Å². The molecule has 0 atom stereocenters. The lowest BCUT2D eigenvalue weighted by Crippen LogP contribution is -2.15. The molecule has 1 rings (SSSR count). The van der Waals surface area contributed by atoms with Crippen molar-refractivity contribution in [2.75, 3.05) is 12.0 Å². The fourth-order valence-corrected chi connectivity index (χ4v) is 2.57. The second-order valence-electron chi connectivity index (χ2n) is 4.20. The number of sulfone groups is 1. The minimum absolute atomic E-state index is 0.135. The molecular weight excluding hydrogens is 292 g/mol. The lowest BCUT2D eigenvalue weighted by atomic mass is 10.1. The van der Waals surface area contributed by atoms with Crippen LogP contribution in [0.5, 0.6) is 0 Å². The van der Waals surface area contributed by atoms with Gasteiger partial charge in [-0.2, -0.15) is 5.10 Å². The summed E-state index contributed by atoms with van der Waals surface area (Å²) in [4.78, 5) is 0. The molecule has 6 heteroatoms. The van der Waals surface area contributed by atoms with E-state index in [-0.39, 0.29) is 5.75 Å². The molecule has 0 saturated heterocycles. The Morgan fingerprint density at radius 1 is 1.50 bits per heavy atom. The maximum Gasteiger partial charge on any atom is 0.149 e. The highest BCUT2D eigenvalue weighted by Gasteiger charge is 2.14. The van der Waals surface area contributed by atoms with Gasteiger partial charge in [0.15, 0.2) is 0 Å². The van der Waals surface area contributed by atoms with Crippen LogP contribution in [0.4, 0.5) is 0 Å². The van der Waals surface area contributed by atoms with Crippen molar-refractivity contribution in [2.24, 2.45) is 0 Å². The summed E-state index contributed by atoms with van der Waals surface area (Å²) in [6, 6.07) is 0. The van der Waals surface area contributed by atoms with E-state index in [1.54, 1.807) is 10.9 Å². The van der Waals surface area contributed by atoms with Crippen molar-refractivity contribution >= 4 is 25.8 Å². The minimum atomic E-state index is -2.93. The van der Waals surface area contributed by atoms with Crippen LogP contribution in [0.15, 0.2) is 6.20 Å². The lowest BCUT2D eigenvalue weighted by molar-refractivity contribution is 0.569. The molecule has 1 heterocycles. The van der Waals surface area contributed by atoms with Gasteiger partial charge in [0.1, 0.15) is 9.84 Å². The molecule has 0 unspecified atom stereocenters. The van der Waals surface area contributed by atoms with Crippen LogP contribution in [0.3, 0.4) is 0 Å². The smallest absolute Gasteiger partial charge is 0.149 e. The third-order valence-corrected chi connectivity index (χ3v) is 3.85. The van der Waals surface area contributed by atoms with Crippen LogP contribution >= 0.6 is 15.9 Å². The average Bonchev–Trinajstić information content (AvgIpc) is 2.56. The summed E-state index contributed by atoms with van der Waals surface area (Å²) >= 11 is 3.41. The molecular formula is C10H17BrN2O2S. The number of aromatic nitrogens is 2.